The zero-order chi connectivity index (χ0) is 13.6. The first kappa shape index (κ1) is 15.5. The summed E-state index contributed by atoms with van der Waals surface area (Å²) < 4.78 is 26.0. The maximum Gasteiger partial charge on any atom is 0.211 e. The lowest BCUT2D eigenvalue weighted by Gasteiger charge is -2.08. The summed E-state index contributed by atoms with van der Waals surface area (Å²) in [7, 11) is -3.17. The molecular formula is C13H20ClNO2S. The second-order valence-electron chi connectivity index (χ2n) is 4.77. The van der Waals surface area contributed by atoms with Gasteiger partial charge in [-0.1, -0.05) is 38.1 Å². The fraction of sp³-hybridized carbons (Fsp3) is 0.538. The van der Waals surface area contributed by atoms with Crippen molar-refractivity contribution in [1.82, 2.24) is 4.72 Å². The highest BCUT2D eigenvalue weighted by Crippen LogP contribution is 2.07. The minimum atomic E-state index is -3.17. The third kappa shape index (κ3) is 5.85. The predicted octanol–water partition coefficient (Wildman–Crippen LogP) is 2.89. The van der Waals surface area contributed by atoms with E-state index in [0.29, 0.717) is 24.8 Å². The van der Waals surface area contributed by atoms with Gasteiger partial charge in [-0.25, -0.2) is 13.1 Å². The summed E-state index contributed by atoms with van der Waals surface area (Å²) >= 11 is 5.69. The number of rotatable bonds is 7. The van der Waals surface area contributed by atoms with E-state index in [9.17, 15) is 8.42 Å². The van der Waals surface area contributed by atoms with Crippen molar-refractivity contribution in [3.8, 4) is 0 Å². The lowest BCUT2D eigenvalue weighted by molar-refractivity contribution is 0.561. The molecule has 0 aliphatic heterocycles. The van der Waals surface area contributed by atoms with Crippen LogP contribution in [0.25, 0.3) is 0 Å². The van der Waals surface area contributed by atoms with Crippen molar-refractivity contribution in [3.05, 3.63) is 35.4 Å². The van der Waals surface area contributed by atoms with E-state index in [1.807, 2.05) is 38.1 Å². The number of hydrogen-bond acceptors (Lipinski definition) is 2. The fourth-order valence-electron chi connectivity index (χ4n) is 1.40. The van der Waals surface area contributed by atoms with Crippen LogP contribution in [0.5, 0.6) is 0 Å². The van der Waals surface area contributed by atoms with E-state index in [4.69, 9.17) is 11.6 Å². The Morgan fingerprint density at radius 1 is 1.17 bits per heavy atom. The molecule has 0 heterocycles. The van der Waals surface area contributed by atoms with Gasteiger partial charge in [0.25, 0.3) is 0 Å². The molecule has 102 valence electrons. The minimum Gasteiger partial charge on any atom is -0.212 e. The van der Waals surface area contributed by atoms with E-state index in [0.717, 1.165) is 11.1 Å². The van der Waals surface area contributed by atoms with Crippen LogP contribution in [0.15, 0.2) is 24.3 Å². The summed E-state index contributed by atoms with van der Waals surface area (Å²) in [5, 5.41) is 0. The first-order valence-corrected chi connectivity index (χ1v) is 8.23. The zero-order valence-corrected chi connectivity index (χ0v) is 12.4. The molecule has 0 fully saturated rings. The molecule has 0 spiro atoms. The van der Waals surface area contributed by atoms with Crippen molar-refractivity contribution in [1.29, 1.82) is 0 Å². The Kier molecular flexibility index (Phi) is 6.12. The highest BCUT2D eigenvalue weighted by molar-refractivity contribution is 7.89. The van der Waals surface area contributed by atoms with Crippen LogP contribution >= 0.6 is 11.6 Å². The number of benzene rings is 1. The Balaban J connectivity index is 2.48. The Labute approximate surface area is 115 Å². The molecule has 0 aliphatic carbocycles. The van der Waals surface area contributed by atoms with Crippen molar-refractivity contribution in [2.45, 2.75) is 32.7 Å². The van der Waals surface area contributed by atoms with Gasteiger partial charge in [0, 0.05) is 12.4 Å². The summed E-state index contributed by atoms with van der Waals surface area (Å²) in [6.45, 7) is 4.36. The maximum atomic E-state index is 11.7. The number of alkyl halides is 1. The van der Waals surface area contributed by atoms with Crippen LogP contribution in [0, 0.1) is 5.92 Å². The number of nitrogens with one attached hydrogen (secondary N) is 1. The molecule has 1 N–H and O–H groups in total. The van der Waals surface area contributed by atoms with Crippen molar-refractivity contribution in [2.75, 3.05) is 5.75 Å². The predicted molar refractivity (Wildman–Crippen MR) is 76.1 cm³/mol. The van der Waals surface area contributed by atoms with Crippen molar-refractivity contribution in [3.63, 3.8) is 0 Å². The van der Waals surface area contributed by atoms with Crippen LogP contribution in [-0.2, 0) is 22.4 Å². The molecule has 0 saturated heterocycles. The van der Waals surface area contributed by atoms with Crippen LogP contribution in [0.4, 0.5) is 0 Å². The first-order chi connectivity index (χ1) is 8.43. The van der Waals surface area contributed by atoms with E-state index >= 15 is 0 Å². The van der Waals surface area contributed by atoms with E-state index in [2.05, 4.69) is 4.72 Å². The quantitative estimate of drug-likeness (QED) is 0.785. The number of halogens is 1. The molecule has 0 bridgehead atoms. The van der Waals surface area contributed by atoms with Gasteiger partial charge in [-0.3, -0.25) is 0 Å². The van der Waals surface area contributed by atoms with Crippen molar-refractivity contribution >= 4 is 21.6 Å². The normalized spacial score (nSPS) is 12.0. The van der Waals surface area contributed by atoms with Gasteiger partial charge in [-0.2, -0.15) is 0 Å². The minimum absolute atomic E-state index is 0.185. The third-order valence-corrected chi connectivity index (χ3v) is 4.30. The van der Waals surface area contributed by atoms with Gasteiger partial charge in [-0.05, 0) is 23.5 Å². The molecule has 0 atom stereocenters. The molecule has 0 saturated carbocycles. The number of sulfonamides is 1. The highest BCUT2D eigenvalue weighted by Gasteiger charge is 2.10. The smallest absolute Gasteiger partial charge is 0.211 e. The third-order valence-electron chi connectivity index (χ3n) is 2.64. The Bertz CT molecular complexity index is 454. The summed E-state index contributed by atoms with van der Waals surface area (Å²) in [5.74, 6) is 1.05. The largest absolute Gasteiger partial charge is 0.212 e. The van der Waals surface area contributed by atoms with Crippen LogP contribution < -0.4 is 4.72 Å². The first-order valence-electron chi connectivity index (χ1n) is 6.04. The van der Waals surface area contributed by atoms with Crippen LogP contribution in [-0.4, -0.2) is 14.2 Å². The van der Waals surface area contributed by atoms with Gasteiger partial charge >= 0.3 is 0 Å². The molecule has 1 aromatic rings. The van der Waals surface area contributed by atoms with E-state index in [1.165, 1.54) is 0 Å². The summed E-state index contributed by atoms with van der Waals surface area (Å²) in [6.07, 6.45) is 0.681. The molecule has 0 aromatic heterocycles. The standard InChI is InChI=1S/C13H20ClNO2S/c1-11(2)7-8-18(16,17)15-10-13-5-3-12(9-14)4-6-13/h3-6,11,15H,7-10H2,1-2H3. The fourth-order valence-corrected chi connectivity index (χ4v) is 2.89. The average molecular weight is 290 g/mol. The Hall–Kier alpha value is -0.580. The summed E-state index contributed by atoms with van der Waals surface area (Å²) in [6, 6.07) is 7.60. The molecule has 18 heavy (non-hydrogen) atoms. The maximum absolute atomic E-state index is 11.7. The average Bonchev–Trinajstić information content (AvgIpc) is 2.35. The molecule has 1 rings (SSSR count). The molecule has 5 heteroatoms. The molecule has 0 aliphatic rings. The van der Waals surface area contributed by atoms with E-state index in [-0.39, 0.29) is 5.75 Å². The lowest BCUT2D eigenvalue weighted by Crippen LogP contribution is -2.26. The Morgan fingerprint density at radius 3 is 2.22 bits per heavy atom. The van der Waals surface area contributed by atoms with Gasteiger partial charge in [0.05, 0.1) is 5.75 Å². The zero-order valence-electron chi connectivity index (χ0n) is 10.8. The van der Waals surface area contributed by atoms with Crippen LogP contribution in [0.1, 0.15) is 31.4 Å². The molecule has 0 amide bonds. The topological polar surface area (TPSA) is 46.2 Å². The second-order valence-corrected chi connectivity index (χ2v) is 6.97. The van der Waals surface area contributed by atoms with E-state index < -0.39 is 10.0 Å². The molecule has 0 unspecified atom stereocenters. The summed E-state index contributed by atoms with van der Waals surface area (Å²) in [4.78, 5) is 0. The van der Waals surface area contributed by atoms with Crippen molar-refractivity contribution < 1.29 is 8.42 Å². The Morgan fingerprint density at radius 2 is 1.72 bits per heavy atom. The SMILES string of the molecule is CC(C)CCS(=O)(=O)NCc1ccc(CCl)cc1. The van der Waals surface area contributed by atoms with Gasteiger partial charge in [0.1, 0.15) is 0 Å². The van der Waals surface area contributed by atoms with Gasteiger partial charge < -0.3 is 0 Å². The van der Waals surface area contributed by atoms with Crippen LogP contribution in [0.3, 0.4) is 0 Å². The van der Waals surface area contributed by atoms with Gasteiger partial charge in [0.15, 0.2) is 0 Å². The van der Waals surface area contributed by atoms with Gasteiger partial charge in [0.2, 0.25) is 10.0 Å². The molecule has 1 aromatic carbocycles. The molecule has 3 nitrogen and oxygen atoms in total. The summed E-state index contributed by atoms with van der Waals surface area (Å²) in [5.41, 5.74) is 1.97. The van der Waals surface area contributed by atoms with Gasteiger partial charge in [-0.15, -0.1) is 11.6 Å². The van der Waals surface area contributed by atoms with Crippen LogP contribution in [0.2, 0.25) is 0 Å². The molecular weight excluding hydrogens is 270 g/mol. The van der Waals surface area contributed by atoms with Crippen molar-refractivity contribution in [2.24, 2.45) is 5.92 Å². The van der Waals surface area contributed by atoms with E-state index in [1.54, 1.807) is 0 Å². The lowest BCUT2D eigenvalue weighted by atomic mass is 10.1. The second kappa shape index (κ2) is 7.12. The number of hydrogen-bond donors (Lipinski definition) is 1. The monoisotopic (exact) mass is 289 g/mol. The highest BCUT2D eigenvalue weighted by atomic mass is 35.5. The molecule has 0 radical (unpaired) electrons.